The molecule has 0 aliphatic carbocycles. The molecule has 0 saturated heterocycles. The van der Waals surface area contributed by atoms with Crippen LogP contribution in [0.4, 0.5) is 11.4 Å². The zero-order valence-corrected chi connectivity index (χ0v) is 19.6. The molecule has 0 fully saturated rings. The fourth-order valence-corrected chi connectivity index (χ4v) is 3.99. The number of imidazole rings is 1. The zero-order valence-electron chi connectivity index (χ0n) is 19.6. The third-order valence-electron chi connectivity index (χ3n) is 5.78. The van der Waals surface area contributed by atoms with E-state index in [4.69, 9.17) is 16.1 Å². The largest absolute Gasteiger partial charge is 0.398 e. The average molecular weight is 477 g/mol. The third kappa shape index (κ3) is 4.54. The number of fused-ring (bicyclic) bond motifs is 1. The smallest absolute Gasteiger partial charge is 0.224 e. The van der Waals surface area contributed by atoms with Crippen LogP contribution in [0.3, 0.4) is 0 Å². The molecule has 5 rings (SSSR count). The molecule has 0 aliphatic heterocycles. The quantitative estimate of drug-likeness (QED) is 0.196. The number of aromatic nitrogens is 5. The van der Waals surface area contributed by atoms with E-state index in [0.29, 0.717) is 34.7 Å². The van der Waals surface area contributed by atoms with Crippen LogP contribution in [0.5, 0.6) is 0 Å². The number of hydrogen-bond acceptors (Lipinski definition) is 7. The molecule has 0 aliphatic rings. The van der Waals surface area contributed by atoms with Crippen molar-refractivity contribution in [3.63, 3.8) is 0 Å². The molecule has 4 aromatic heterocycles. The molecule has 36 heavy (non-hydrogen) atoms. The second-order valence-electron chi connectivity index (χ2n) is 8.34. The van der Waals surface area contributed by atoms with E-state index in [1.807, 2.05) is 37.3 Å². The number of carbonyl (C=O) groups excluding carboxylic acids is 1. The Hall–Kier alpha value is -4.92. The Morgan fingerprint density at radius 1 is 0.972 bits per heavy atom. The van der Waals surface area contributed by atoms with Gasteiger partial charge in [0.2, 0.25) is 5.91 Å². The summed E-state index contributed by atoms with van der Waals surface area (Å²) in [5.41, 5.74) is 12.9. The molecule has 0 spiro atoms. The second-order valence-corrected chi connectivity index (χ2v) is 8.34. The van der Waals surface area contributed by atoms with Crippen molar-refractivity contribution in [2.24, 2.45) is 0 Å². The molecule has 5 aromatic rings. The van der Waals surface area contributed by atoms with Crippen molar-refractivity contribution in [3.8, 4) is 22.3 Å². The van der Waals surface area contributed by atoms with E-state index in [0.717, 1.165) is 34.2 Å². The number of nitrogens with zero attached hydrogens (tertiary/aromatic N) is 4. The first-order valence-corrected chi connectivity index (χ1v) is 11.5. The standard InChI is InChI=1S/C27H24N8O/c1-2-3-24(36)33-19-10-18(12-31-13-19)17-4-5-22(28)20(11-17)25(29)27-34-23-15-32-14-21(26(23)35-27)16-6-8-30-9-7-16/h4-15,29H,2-3,28H2,1H3,(H,33,36)(H,34,35). The molecule has 0 saturated carbocycles. The van der Waals surface area contributed by atoms with Gasteiger partial charge in [0.05, 0.1) is 29.1 Å². The number of benzene rings is 1. The van der Waals surface area contributed by atoms with E-state index in [1.165, 1.54) is 0 Å². The molecule has 1 aromatic carbocycles. The van der Waals surface area contributed by atoms with Gasteiger partial charge in [-0.1, -0.05) is 13.0 Å². The molecule has 4 heterocycles. The maximum Gasteiger partial charge on any atom is 0.224 e. The first kappa shape index (κ1) is 22.9. The van der Waals surface area contributed by atoms with Crippen molar-refractivity contribution in [1.82, 2.24) is 24.9 Å². The summed E-state index contributed by atoms with van der Waals surface area (Å²) in [6, 6.07) is 11.1. The Kier molecular flexibility index (Phi) is 6.19. The molecular formula is C27H24N8O. The Balaban J connectivity index is 1.49. The van der Waals surface area contributed by atoms with Gasteiger partial charge in [0.1, 0.15) is 5.71 Å². The summed E-state index contributed by atoms with van der Waals surface area (Å²) in [5, 5.41) is 11.8. The van der Waals surface area contributed by atoms with E-state index in [9.17, 15) is 4.79 Å². The van der Waals surface area contributed by atoms with Gasteiger partial charge in [-0.15, -0.1) is 0 Å². The highest BCUT2D eigenvalue weighted by Gasteiger charge is 2.17. The Labute approximate surface area is 207 Å². The Morgan fingerprint density at radius 3 is 2.58 bits per heavy atom. The van der Waals surface area contributed by atoms with Crippen LogP contribution >= 0.6 is 0 Å². The number of amides is 1. The number of hydrogen-bond donors (Lipinski definition) is 4. The van der Waals surface area contributed by atoms with Gasteiger partial charge >= 0.3 is 0 Å². The van der Waals surface area contributed by atoms with Crippen LogP contribution in [0.15, 0.2) is 73.6 Å². The van der Waals surface area contributed by atoms with Crippen molar-refractivity contribution in [2.75, 3.05) is 11.1 Å². The number of pyridine rings is 3. The van der Waals surface area contributed by atoms with E-state index in [1.54, 1.807) is 43.2 Å². The van der Waals surface area contributed by atoms with Crippen LogP contribution in [-0.2, 0) is 4.79 Å². The van der Waals surface area contributed by atoms with Crippen molar-refractivity contribution in [3.05, 3.63) is 85.0 Å². The number of nitrogens with two attached hydrogens (primary N) is 1. The SMILES string of the molecule is CCCC(=O)Nc1cncc(-c2ccc(N)c(C(=N)c3nc4c(-c5ccncc5)cncc4[nH]3)c2)c1. The Bertz CT molecular complexity index is 1580. The molecule has 9 nitrogen and oxygen atoms in total. The van der Waals surface area contributed by atoms with E-state index in [2.05, 4.69) is 25.3 Å². The summed E-state index contributed by atoms with van der Waals surface area (Å²) < 4.78 is 0. The van der Waals surface area contributed by atoms with Gasteiger partial charge in [0, 0.05) is 53.6 Å². The average Bonchev–Trinajstić information content (AvgIpc) is 3.34. The minimum atomic E-state index is -0.0540. The Morgan fingerprint density at radius 2 is 1.78 bits per heavy atom. The summed E-state index contributed by atoms with van der Waals surface area (Å²) in [7, 11) is 0. The summed E-state index contributed by atoms with van der Waals surface area (Å²) in [4.78, 5) is 32.6. The lowest BCUT2D eigenvalue weighted by Gasteiger charge is -2.10. The molecule has 178 valence electrons. The monoisotopic (exact) mass is 476 g/mol. The molecule has 1 amide bonds. The van der Waals surface area contributed by atoms with Crippen molar-refractivity contribution in [2.45, 2.75) is 19.8 Å². The fourth-order valence-electron chi connectivity index (χ4n) is 3.99. The molecule has 0 unspecified atom stereocenters. The lowest BCUT2D eigenvalue weighted by atomic mass is 10.00. The topological polar surface area (TPSA) is 146 Å². The number of anilines is 2. The van der Waals surface area contributed by atoms with E-state index in [-0.39, 0.29) is 11.6 Å². The van der Waals surface area contributed by atoms with E-state index >= 15 is 0 Å². The fraction of sp³-hybridized carbons (Fsp3) is 0.111. The minimum Gasteiger partial charge on any atom is -0.398 e. The third-order valence-corrected chi connectivity index (χ3v) is 5.78. The summed E-state index contributed by atoms with van der Waals surface area (Å²) in [6.07, 6.45) is 11.4. The van der Waals surface area contributed by atoms with Crippen molar-refractivity contribution in [1.29, 1.82) is 5.41 Å². The minimum absolute atomic E-state index is 0.0540. The highest BCUT2D eigenvalue weighted by atomic mass is 16.1. The van der Waals surface area contributed by atoms with Gasteiger partial charge in [-0.05, 0) is 47.9 Å². The molecule has 0 bridgehead atoms. The maximum atomic E-state index is 12.0. The van der Waals surface area contributed by atoms with Gasteiger partial charge < -0.3 is 16.0 Å². The lowest BCUT2D eigenvalue weighted by molar-refractivity contribution is -0.116. The van der Waals surface area contributed by atoms with Crippen LogP contribution in [0.2, 0.25) is 0 Å². The molecular weight excluding hydrogens is 452 g/mol. The number of H-pyrrole nitrogens is 1. The molecule has 0 radical (unpaired) electrons. The van der Waals surface area contributed by atoms with Gasteiger partial charge in [0.25, 0.3) is 0 Å². The normalized spacial score (nSPS) is 10.9. The number of carbonyl (C=O) groups is 1. The summed E-state index contributed by atoms with van der Waals surface area (Å²) in [5.74, 6) is 0.331. The van der Waals surface area contributed by atoms with E-state index < -0.39 is 0 Å². The molecule has 0 atom stereocenters. The number of nitrogen functional groups attached to an aromatic ring is 1. The van der Waals surface area contributed by atoms with Crippen LogP contribution in [-0.4, -0.2) is 36.5 Å². The number of aromatic amines is 1. The van der Waals surface area contributed by atoms with Crippen molar-refractivity contribution < 1.29 is 4.79 Å². The summed E-state index contributed by atoms with van der Waals surface area (Å²) in [6.45, 7) is 1.96. The van der Waals surface area contributed by atoms with Gasteiger partial charge in [-0.3, -0.25) is 25.2 Å². The predicted molar refractivity (Wildman–Crippen MR) is 141 cm³/mol. The van der Waals surface area contributed by atoms with Crippen LogP contribution in [0.25, 0.3) is 33.3 Å². The highest BCUT2D eigenvalue weighted by Crippen LogP contribution is 2.29. The van der Waals surface area contributed by atoms with Gasteiger partial charge in [-0.25, -0.2) is 4.98 Å². The van der Waals surface area contributed by atoms with Gasteiger partial charge in [0.15, 0.2) is 5.82 Å². The zero-order chi connectivity index (χ0) is 25.1. The predicted octanol–water partition coefficient (Wildman–Crippen LogP) is 4.82. The second kappa shape index (κ2) is 9.75. The lowest BCUT2D eigenvalue weighted by Crippen LogP contribution is -2.10. The first-order chi connectivity index (χ1) is 17.5. The first-order valence-electron chi connectivity index (χ1n) is 11.5. The van der Waals surface area contributed by atoms with Crippen LogP contribution in [0.1, 0.15) is 31.2 Å². The summed E-state index contributed by atoms with van der Waals surface area (Å²) >= 11 is 0. The van der Waals surface area contributed by atoms with Crippen LogP contribution < -0.4 is 11.1 Å². The van der Waals surface area contributed by atoms with Crippen molar-refractivity contribution >= 4 is 34.0 Å². The number of rotatable bonds is 7. The molecule has 9 heteroatoms. The molecule has 5 N–H and O–H groups in total. The maximum absolute atomic E-state index is 12.0. The highest BCUT2D eigenvalue weighted by molar-refractivity contribution is 6.13. The van der Waals surface area contributed by atoms with Crippen LogP contribution in [0, 0.1) is 5.41 Å². The van der Waals surface area contributed by atoms with Gasteiger partial charge in [-0.2, -0.15) is 0 Å². The number of nitrogens with one attached hydrogen (secondary N) is 3.